The molecule has 1 fully saturated rings. The van der Waals surface area contributed by atoms with E-state index in [2.05, 4.69) is 15.2 Å². The molecule has 3 N–H and O–H groups in total. The van der Waals surface area contributed by atoms with Crippen LogP contribution in [0.3, 0.4) is 0 Å². The molecule has 180 valence electrons. The van der Waals surface area contributed by atoms with Crippen molar-refractivity contribution in [2.45, 2.75) is 31.6 Å². The molecule has 1 aliphatic rings. The van der Waals surface area contributed by atoms with Crippen molar-refractivity contribution in [3.63, 3.8) is 0 Å². The molecule has 0 amide bonds. The van der Waals surface area contributed by atoms with Crippen molar-refractivity contribution >= 4 is 27.3 Å². The van der Waals surface area contributed by atoms with Gasteiger partial charge in [0.15, 0.2) is 17.3 Å². The molecule has 9 nitrogen and oxygen atoms in total. The molecule has 1 saturated heterocycles. The number of nitrogens with one attached hydrogen (secondary N) is 1. The molecule has 0 saturated carbocycles. The van der Waals surface area contributed by atoms with Gasteiger partial charge in [0.2, 0.25) is 10.0 Å². The Morgan fingerprint density at radius 1 is 1.12 bits per heavy atom. The van der Waals surface area contributed by atoms with Gasteiger partial charge in [-0.1, -0.05) is 24.3 Å². The van der Waals surface area contributed by atoms with Gasteiger partial charge < -0.3 is 19.7 Å². The Morgan fingerprint density at radius 2 is 1.88 bits per heavy atom. The van der Waals surface area contributed by atoms with Gasteiger partial charge in [0.1, 0.15) is 11.9 Å². The smallest absolute Gasteiger partial charge is 0.213 e. The van der Waals surface area contributed by atoms with Gasteiger partial charge in [0.25, 0.3) is 0 Å². The number of nitrogens with two attached hydrogens (primary N) is 1. The minimum absolute atomic E-state index is 0.0140. The van der Waals surface area contributed by atoms with E-state index in [1.54, 1.807) is 36.7 Å². The van der Waals surface area contributed by atoms with Crippen LogP contribution in [0.15, 0.2) is 60.9 Å². The monoisotopic (exact) mass is 483 g/mol. The van der Waals surface area contributed by atoms with E-state index in [0.29, 0.717) is 24.5 Å². The summed E-state index contributed by atoms with van der Waals surface area (Å²) in [5.74, 6) is 2.67. The maximum Gasteiger partial charge on any atom is 0.213 e. The van der Waals surface area contributed by atoms with Crippen LogP contribution in [0.1, 0.15) is 25.3 Å². The van der Waals surface area contributed by atoms with E-state index in [9.17, 15) is 8.42 Å². The van der Waals surface area contributed by atoms with Gasteiger partial charge in [-0.2, -0.15) is 0 Å². The maximum atomic E-state index is 11.3. The highest BCUT2D eigenvalue weighted by Gasteiger charge is 2.24. The van der Waals surface area contributed by atoms with Crippen LogP contribution in [-0.4, -0.2) is 44.2 Å². The first kappa shape index (κ1) is 23.8. The number of hydrogen-bond donors (Lipinski definition) is 2. The predicted molar refractivity (Wildman–Crippen MR) is 132 cm³/mol. The van der Waals surface area contributed by atoms with E-state index < -0.39 is 10.0 Å². The largest absolute Gasteiger partial charge is 0.490 e. The Hall–Kier alpha value is -3.37. The molecule has 1 aliphatic heterocycles. The van der Waals surface area contributed by atoms with Crippen molar-refractivity contribution in [3.05, 3.63) is 66.5 Å². The molecule has 1 atom stereocenters. The number of aromatic nitrogens is 2. The van der Waals surface area contributed by atoms with E-state index >= 15 is 0 Å². The first-order valence-corrected chi connectivity index (χ1v) is 12.9. The molecule has 3 aromatic rings. The average molecular weight is 484 g/mol. The molecule has 2 heterocycles. The second-order valence-electron chi connectivity index (χ2n) is 8.10. The molecule has 1 aromatic heterocycles. The number of benzene rings is 2. The summed E-state index contributed by atoms with van der Waals surface area (Å²) in [4.78, 5) is 11.2. The number of sulfonamides is 1. The quantitative estimate of drug-likeness (QED) is 0.475. The standard InChI is InChI=1S/C24H29N5O4S/c1-2-32-21-7-3-4-8-22(21)33-20-6-5-13-29(16-20)24-15-26-14-23(28-24)27-19-11-9-18(10-12-19)17-34(25,30)31/h3-4,7-12,14-15,20H,2,5-6,13,16-17H2,1H3,(H,27,28)(H2,25,30,31). The summed E-state index contributed by atoms with van der Waals surface area (Å²) in [6.45, 7) is 4.10. The van der Waals surface area contributed by atoms with Crippen LogP contribution in [0.5, 0.6) is 11.5 Å². The molecule has 34 heavy (non-hydrogen) atoms. The van der Waals surface area contributed by atoms with Crippen molar-refractivity contribution < 1.29 is 17.9 Å². The predicted octanol–water partition coefficient (Wildman–Crippen LogP) is 3.46. The number of nitrogens with zero attached hydrogens (tertiary/aromatic N) is 3. The van der Waals surface area contributed by atoms with Crippen LogP contribution in [0.25, 0.3) is 0 Å². The highest BCUT2D eigenvalue weighted by molar-refractivity contribution is 7.88. The fourth-order valence-corrected chi connectivity index (χ4v) is 4.53. The third-order valence-electron chi connectivity index (χ3n) is 5.36. The van der Waals surface area contributed by atoms with Crippen molar-refractivity contribution in [2.24, 2.45) is 5.14 Å². The molecular weight excluding hydrogens is 454 g/mol. The molecule has 1 unspecified atom stereocenters. The third kappa shape index (κ3) is 6.58. The topological polar surface area (TPSA) is 120 Å². The third-order valence-corrected chi connectivity index (χ3v) is 6.10. The lowest BCUT2D eigenvalue weighted by atomic mass is 10.1. The van der Waals surface area contributed by atoms with Crippen LogP contribution < -0.4 is 24.8 Å². The van der Waals surface area contributed by atoms with Gasteiger partial charge in [-0.15, -0.1) is 0 Å². The summed E-state index contributed by atoms with van der Waals surface area (Å²) >= 11 is 0. The molecule has 0 radical (unpaired) electrons. The molecule has 0 aliphatic carbocycles. The fourth-order valence-electron chi connectivity index (χ4n) is 3.88. The van der Waals surface area contributed by atoms with Gasteiger partial charge in [-0.25, -0.2) is 18.5 Å². The Bertz CT molecular complexity index is 1200. The lowest BCUT2D eigenvalue weighted by molar-refractivity contribution is 0.170. The lowest BCUT2D eigenvalue weighted by Crippen LogP contribution is -2.41. The highest BCUT2D eigenvalue weighted by atomic mass is 32.2. The molecule has 10 heteroatoms. The van der Waals surface area contributed by atoms with Crippen LogP contribution >= 0.6 is 0 Å². The van der Waals surface area contributed by atoms with Crippen molar-refractivity contribution in [1.29, 1.82) is 0 Å². The zero-order chi connectivity index (χ0) is 24.0. The van der Waals surface area contributed by atoms with Crippen LogP contribution in [0, 0.1) is 0 Å². The van der Waals surface area contributed by atoms with E-state index in [-0.39, 0.29) is 11.9 Å². The first-order valence-electron chi connectivity index (χ1n) is 11.2. The van der Waals surface area contributed by atoms with E-state index in [1.165, 1.54) is 0 Å². The summed E-state index contributed by atoms with van der Waals surface area (Å²) in [5.41, 5.74) is 1.40. The Balaban J connectivity index is 1.41. The SMILES string of the molecule is CCOc1ccccc1OC1CCCN(c2cncc(Nc3ccc(CS(N)(=O)=O)cc3)n2)C1. The molecule has 4 rings (SSSR count). The van der Waals surface area contributed by atoms with Gasteiger partial charge in [0.05, 0.1) is 31.3 Å². The second kappa shape index (κ2) is 10.7. The summed E-state index contributed by atoms with van der Waals surface area (Å²) in [6, 6.07) is 14.7. The summed E-state index contributed by atoms with van der Waals surface area (Å²) < 4.78 is 34.5. The van der Waals surface area contributed by atoms with Crippen molar-refractivity contribution in [2.75, 3.05) is 29.9 Å². The average Bonchev–Trinajstić information content (AvgIpc) is 2.81. The number of rotatable bonds is 9. The number of anilines is 3. The minimum Gasteiger partial charge on any atom is -0.490 e. The molecule has 0 spiro atoms. The van der Waals surface area contributed by atoms with Crippen molar-refractivity contribution in [1.82, 2.24) is 9.97 Å². The number of piperidine rings is 1. The van der Waals surface area contributed by atoms with Crippen LogP contribution in [-0.2, 0) is 15.8 Å². The Labute approximate surface area is 200 Å². The lowest BCUT2D eigenvalue weighted by Gasteiger charge is -2.33. The normalized spacial score (nSPS) is 16.2. The van der Waals surface area contributed by atoms with Gasteiger partial charge >= 0.3 is 0 Å². The van der Waals surface area contributed by atoms with Crippen LogP contribution in [0.4, 0.5) is 17.3 Å². The minimum atomic E-state index is -3.56. The fraction of sp³-hybridized carbons (Fsp3) is 0.333. The number of ether oxygens (including phenoxy) is 2. The molecule has 2 aromatic carbocycles. The highest BCUT2D eigenvalue weighted by Crippen LogP contribution is 2.30. The Morgan fingerprint density at radius 3 is 2.62 bits per heavy atom. The number of para-hydroxylation sites is 2. The van der Waals surface area contributed by atoms with Crippen LogP contribution in [0.2, 0.25) is 0 Å². The van der Waals surface area contributed by atoms with Crippen molar-refractivity contribution in [3.8, 4) is 11.5 Å². The van der Waals surface area contributed by atoms with E-state index in [1.807, 2.05) is 31.2 Å². The Kier molecular flexibility index (Phi) is 7.49. The molecule has 0 bridgehead atoms. The van der Waals surface area contributed by atoms with E-state index in [4.69, 9.17) is 19.6 Å². The second-order valence-corrected chi connectivity index (χ2v) is 9.71. The molecular formula is C24H29N5O4S. The summed E-state index contributed by atoms with van der Waals surface area (Å²) in [6.07, 6.45) is 5.34. The zero-order valence-electron chi connectivity index (χ0n) is 19.1. The number of primary sulfonamides is 1. The maximum absolute atomic E-state index is 11.3. The van der Waals surface area contributed by atoms with E-state index in [0.717, 1.165) is 42.4 Å². The first-order chi connectivity index (χ1) is 16.4. The zero-order valence-corrected chi connectivity index (χ0v) is 19.9. The van der Waals surface area contributed by atoms with Gasteiger partial charge in [-0.05, 0) is 49.6 Å². The summed E-state index contributed by atoms with van der Waals surface area (Å²) in [5, 5.41) is 8.33. The summed E-state index contributed by atoms with van der Waals surface area (Å²) in [7, 11) is -3.56. The van der Waals surface area contributed by atoms with Gasteiger partial charge in [-0.3, -0.25) is 4.98 Å². The number of hydrogen-bond acceptors (Lipinski definition) is 8. The van der Waals surface area contributed by atoms with Gasteiger partial charge in [0, 0.05) is 12.2 Å².